The molecule has 2 rings (SSSR count). The highest BCUT2D eigenvalue weighted by molar-refractivity contribution is 6.48. The minimum Gasteiger partial charge on any atom is -0.451 e. The van der Waals surface area contributed by atoms with Crippen molar-refractivity contribution in [1.29, 1.82) is 0 Å². The van der Waals surface area contributed by atoms with E-state index in [1.165, 1.54) is 6.42 Å². The highest BCUT2D eigenvalue weighted by Gasteiger charge is 2.25. The Labute approximate surface area is 115 Å². The molecule has 1 aliphatic rings. The van der Waals surface area contributed by atoms with Crippen LogP contribution in [0.3, 0.4) is 0 Å². The van der Waals surface area contributed by atoms with Crippen molar-refractivity contribution < 1.29 is 9.82 Å². The van der Waals surface area contributed by atoms with Crippen LogP contribution in [0.4, 0.5) is 0 Å². The van der Waals surface area contributed by atoms with E-state index in [1.807, 2.05) is 37.2 Å². The maximum atomic E-state index is 12.1. The summed E-state index contributed by atoms with van der Waals surface area (Å²) in [5.74, 6) is 0.554. The van der Waals surface area contributed by atoms with Crippen LogP contribution in [0.15, 0.2) is 30.3 Å². The average molecular weight is 259 g/mol. The average Bonchev–Trinajstić information content (AvgIpc) is 2.39. The van der Waals surface area contributed by atoms with Gasteiger partial charge in [0.1, 0.15) is 0 Å². The Morgan fingerprint density at radius 2 is 2.11 bits per heavy atom. The number of hydrogen-bond acceptors (Lipinski definition) is 2. The number of benzene rings is 1. The molecule has 1 aromatic rings. The second kappa shape index (κ2) is 6.76. The predicted molar refractivity (Wildman–Crippen MR) is 78.3 cm³/mol. The smallest absolute Gasteiger partial charge is 0.286 e. The lowest BCUT2D eigenvalue weighted by molar-refractivity contribution is 0.0921. The standard InChI is InChI=1S/C15H22BNO2/c1-16(19)11-12-6-5-9-14(10-12)17-15(18)13-7-3-2-4-8-13/h2-4,7-8,12,14,19H,5-6,9-11H2,1H3,(H,17,18)/t12-,14+/m0/s1. The van der Waals surface area contributed by atoms with Gasteiger partial charge in [-0.1, -0.05) is 37.9 Å². The predicted octanol–water partition coefficient (Wildman–Crippen LogP) is 2.59. The summed E-state index contributed by atoms with van der Waals surface area (Å²) in [5.41, 5.74) is 0.722. The van der Waals surface area contributed by atoms with Crippen LogP contribution in [0.5, 0.6) is 0 Å². The van der Waals surface area contributed by atoms with Crippen molar-refractivity contribution in [2.45, 2.75) is 44.9 Å². The summed E-state index contributed by atoms with van der Waals surface area (Å²) in [6.07, 6.45) is 5.19. The van der Waals surface area contributed by atoms with E-state index >= 15 is 0 Å². The van der Waals surface area contributed by atoms with Crippen LogP contribution >= 0.6 is 0 Å². The van der Waals surface area contributed by atoms with E-state index in [-0.39, 0.29) is 18.9 Å². The Balaban J connectivity index is 1.87. The molecular formula is C15H22BNO2. The molecule has 102 valence electrons. The summed E-state index contributed by atoms with van der Waals surface area (Å²) in [7, 11) is 0. The third-order valence-electron chi connectivity index (χ3n) is 3.83. The van der Waals surface area contributed by atoms with Gasteiger partial charge in [-0.15, -0.1) is 0 Å². The Morgan fingerprint density at radius 3 is 2.79 bits per heavy atom. The van der Waals surface area contributed by atoms with Crippen molar-refractivity contribution >= 4 is 12.8 Å². The summed E-state index contributed by atoms with van der Waals surface area (Å²) in [5, 5.41) is 12.6. The molecule has 1 saturated carbocycles. The summed E-state index contributed by atoms with van der Waals surface area (Å²) in [6.45, 7) is 1.60. The first-order chi connectivity index (χ1) is 9.15. The van der Waals surface area contributed by atoms with Crippen LogP contribution in [0, 0.1) is 5.92 Å². The molecule has 1 fully saturated rings. The van der Waals surface area contributed by atoms with Gasteiger partial charge in [0.05, 0.1) is 0 Å². The summed E-state index contributed by atoms with van der Waals surface area (Å²) in [6, 6.07) is 9.61. The highest BCUT2D eigenvalue weighted by atomic mass is 16.2. The van der Waals surface area contributed by atoms with Crippen molar-refractivity contribution in [2.75, 3.05) is 0 Å². The van der Waals surface area contributed by atoms with Gasteiger partial charge in [-0.3, -0.25) is 4.79 Å². The monoisotopic (exact) mass is 259 g/mol. The zero-order valence-corrected chi connectivity index (χ0v) is 11.5. The van der Waals surface area contributed by atoms with Crippen LogP contribution in [-0.2, 0) is 0 Å². The normalized spacial score (nSPS) is 22.8. The van der Waals surface area contributed by atoms with Crippen molar-refractivity contribution in [3.63, 3.8) is 0 Å². The molecule has 2 atom stereocenters. The largest absolute Gasteiger partial charge is 0.451 e. The lowest BCUT2D eigenvalue weighted by atomic mass is 9.61. The lowest BCUT2D eigenvalue weighted by Gasteiger charge is -2.30. The van der Waals surface area contributed by atoms with Crippen molar-refractivity contribution in [3.8, 4) is 0 Å². The molecule has 0 heterocycles. The number of carbonyl (C=O) groups is 1. The van der Waals surface area contributed by atoms with Gasteiger partial charge in [-0.2, -0.15) is 0 Å². The fourth-order valence-corrected chi connectivity index (χ4v) is 2.98. The topological polar surface area (TPSA) is 49.3 Å². The van der Waals surface area contributed by atoms with Gasteiger partial charge in [0.15, 0.2) is 0 Å². The molecule has 0 saturated heterocycles. The summed E-state index contributed by atoms with van der Waals surface area (Å²) >= 11 is 0. The quantitative estimate of drug-likeness (QED) is 0.816. The zero-order valence-electron chi connectivity index (χ0n) is 11.5. The lowest BCUT2D eigenvalue weighted by Crippen LogP contribution is -2.38. The van der Waals surface area contributed by atoms with E-state index < -0.39 is 0 Å². The van der Waals surface area contributed by atoms with Crippen LogP contribution in [0.25, 0.3) is 0 Å². The molecule has 0 aliphatic heterocycles. The molecule has 3 nitrogen and oxygen atoms in total. The second-order valence-corrected chi connectivity index (χ2v) is 5.65. The van der Waals surface area contributed by atoms with Crippen molar-refractivity contribution in [1.82, 2.24) is 5.32 Å². The first kappa shape index (κ1) is 14.1. The Bertz CT molecular complexity index is 408. The third kappa shape index (κ3) is 4.39. The molecule has 4 heteroatoms. The molecule has 0 spiro atoms. The summed E-state index contributed by atoms with van der Waals surface area (Å²) < 4.78 is 0. The maximum absolute atomic E-state index is 12.1. The number of amides is 1. The molecule has 0 aromatic heterocycles. The van der Waals surface area contributed by atoms with Gasteiger partial charge < -0.3 is 10.3 Å². The van der Waals surface area contributed by atoms with E-state index in [0.717, 1.165) is 31.1 Å². The van der Waals surface area contributed by atoms with Crippen LogP contribution < -0.4 is 5.32 Å². The number of nitrogens with one attached hydrogen (secondary N) is 1. The first-order valence-corrected chi connectivity index (χ1v) is 7.19. The van der Waals surface area contributed by atoms with E-state index in [4.69, 9.17) is 0 Å². The van der Waals surface area contributed by atoms with E-state index in [1.54, 1.807) is 0 Å². The molecule has 1 aromatic carbocycles. The van der Waals surface area contributed by atoms with Crippen molar-refractivity contribution in [2.24, 2.45) is 5.92 Å². The molecule has 2 N–H and O–H groups in total. The Morgan fingerprint density at radius 1 is 1.37 bits per heavy atom. The Kier molecular flexibility index (Phi) is 5.03. The molecule has 1 aliphatic carbocycles. The van der Waals surface area contributed by atoms with Crippen LogP contribution in [0.2, 0.25) is 13.1 Å². The third-order valence-corrected chi connectivity index (χ3v) is 3.83. The first-order valence-electron chi connectivity index (χ1n) is 7.19. The van der Waals surface area contributed by atoms with E-state index in [2.05, 4.69) is 5.32 Å². The van der Waals surface area contributed by atoms with Crippen molar-refractivity contribution in [3.05, 3.63) is 35.9 Å². The molecule has 1 amide bonds. The molecule has 0 unspecified atom stereocenters. The fraction of sp³-hybridized carbons (Fsp3) is 0.533. The number of carbonyl (C=O) groups excluding carboxylic acids is 1. The van der Waals surface area contributed by atoms with Gasteiger partial charge in [-0.05, 0) is 37.2 Å². The number of hydrogen-bond donors (Lipinski definition) is 2. The molecule has 0 bridgehead atoms. The minimum atomic E-state index is -0.242. The van der Waals surface area contributed by atoms with Gasteiger partial charge in [0.25, 0.3) is 12.8 Å². The van der Waals surface area contributed by atoms with E-state index in [0.29, 0.717) is 5.92 Å². The zero-order chi connectivity index (χ0) is 13.7. The van der Waals surface area contributed by atoms with Gasteiger partial charge in [0.2, 0.25) is 0 Å². The molecule has 19 heavy (non-hydrogen) atoms. The minimum absolute atomic E-state index is 0.0169. The van der Waals surface area contributed by atoms with Gasteiger partial charge in [-0.25, -0.2) is 0 Å². The van der Waals surface area contributed by atoms with Gasteiger partial charge in [0, 0.05) is 11.6 Å². The maximum Gasteiger partial charge on any atom is 0.286 e. The fourth-order valence-electron chi connectivity index (χ4n) is 2.98. The highest BCUT2D eigenvalue weighted by Crippen LogP contribution is 2.28. The molecular weight excluding hydrogens is 237 g/mol. The SMILES string of the molecule is CB(O)C[C@H]1CCC[C@@H](NC(=O)c2ccccc2)C1. The molecule has 0 radical (unpaired) electrons. The second-order valence-electron chi connectivity index (χ2n) is 5.65. The summed E-state index contributed by atoms with van der Waals surface area (Å²) in [4.78, 5) is 12.1. The number of rotatable bonds is 4. The van der Waals surface area contributed by atoms with Crippen LogP contribution in [0.1, 0.15) is 36.0 Å². The van der Waals surface area contributed by atoms with E-state index in [9.17, 15) is 9.82 Å². The van der Waals surface area contributed by atoms with Crippen LogP contribution in [-0.4, -0.2) is 23.9 Å². The Hall–Kier alpha value is -1.29. The van der Waals surface area contributed by atoms with Gasteiger partial charge >= 0.3 is 0 Å².